The second-order valence-electron chi connectivity index (χ2n) is 5.08. The van der Waals surface area contributed by atoms with Crippen molar-refractivity contribution >= 4 is 12.0 Å². The van der Waals surface area contributed by atoms with E-state index in [1.807, 2.05) is 0 Å². The molecule has 0 unspecified atom stereocenters. The van der Waals surface area contributed by atoms with Crippen LogP contribution < -0.4 is 15.4 Å². The maximum Gasteiger partial charge on any atom is 0.315 e. The first-order valence-electron chi connectivity index (χ1n) is 6.84. The number of carboxylic acids is 1. The van der Waals surface area contributed by atoms with Gasteiger partial charge >= 0.3 is 12.0 Å². The van der Waals surface area contributed by atoms with Crippen molar-refractivity contribution < 1.29 is 19.4 Å². The number of pyridine rings is 1. The van der Waals surface area contributed by atoms with Gasteiger partial charge in [0.05, 0.1) is 13.0 Å². The molecule has 2 amide bonds. The van der Waals surface area contributed by atoms with Gasteiger partial charge in [-0.1, -0.05) is 0 Å². The van der Waals surface area contributed by atoms with Crippen LogP contribution in [0.25, 0.3) is 0 Å². The Morgan fingerprint density at radius 1 is 1.48 bits per heavy atom. The number of hydrogen-bond donors (Lipinski definition) is 3. The largest absolute Gasteiger partial charge is 0.481 e. The summed E-state index contributed by atoms with van der Waals surface area (Å²) < 4.78 is 5.01. The van der Waals surface area contributed by atoms with E-state index in [0.29, 0.717) is 31.7 Å². The Morgan fingerprint density at radius 3 is 2.95 bits per heavy atom. The quantitative estimate of drug-likeness (QED) is 0.756. The van der Waals surface area contributed by atoms with Gasteiger partial charge < -0.3 is 20.5 Å². The summed E-state index contributed by atoms with van der Waals surface area (Å²) in [6.07, 6.45) is 3.42. The summed E-state index contributed by atoms with van der Waals surface area (Å²) in [5, 5.41) is 14.5. The van der Waals surface area contributed by atoms with E-state index in [4.69, 9.17) is 9.84 Å². The molecule has 0 aromatic carbocycles. The van der Waals surface area contributed by atoms with Crippen LogP contribution in [0.2, 0.25) is 0 Å². The minimum atomic E-state index is -0.788. The van der Waals surface area contributed by atoms with Crippen molar-refractivity contribution in [2.24, 2.45) is 5.92 Å². The summed E-state index contributed by atoms with van der Waals surface area (Å²) in [4.78, 5) is 26.6. The molecule has 1 fully saturated rings. The molecule has 0 bridgehead atoms. The number of nitrogens with zero attached hydrogens (tertiary/aromatic N) is 1. The molecular formula is C14H19N3O4. The van der Waals surface area contributed by atoms with Crippen molar-refractivity contribution in [2.45, 2.75) is 31.8 Å². The first-order chi connectivity index (χ1) is 10.1. The van der Waals surface area contributed by atoms with Crippen LogP contribution in [0.4, 0.5) is 4.79 Å². The normalized spacial score (nSPS) is 20.8. The number of carbonyl (C=O) groups excluding carboxylic acids is 1. The SMILES string of the molecule is COc1cc(CNC(=O)N[C@H]2CC[C@@H](C(=O)O)C2)ccn1. The average molecular weight is 293 g/mol. The van der Waals surface area contributed by atoms with E-state index in [1.165, 1.54) is 7.11 Å². The lowest BCUT2D eigenvalue weighted by molar-refractivity contribution is -0.141. The van der Waals surface area contributed by atoms with Gasteiger partial charge in [0.25, 0.3) is 0 Å². The fourth-order valence-electron chi connectivity index (χ4n) is 2.43. The van der Waals surface area contributed by atoms with Gasteiger partial charge in [0, 0.05) is 24.8 Å². The highest BCUT2D eigenvalue weighted by molar-refractivity contribution is 5.75. The van der Waals surface area contributed by atoms with E-state index in [2.05, 4.69) is 15.6 Å². The van der Waals surface area contributed by atoms with Crippen LogP contribution >= 0.6 is 0 Å². The zero-order valence-electron chi connectivity index (χ0n) is 11.8. The summed E-state index contributed by atoms with van der Waals surface area (Å²) in [6.45, 7) is 0.361. The molecule has 2 rings (SSSR count). The van der Waals surface area contributed by atoms with E-state index in [-0.39, 0.29) is 18.0 Å². The fourth-order valence-corrected chi connectivity index (χ4v) is 2.43. The molecule has 0 spiro atoms. The summed E-state index contributed by atoms with van der Waals surface area (Å²) in [7, 11) is 1.53. The molecule has 0 saturated heterocycles. The minimum Gasteiger partial charge on any atom is -0.481 e. The van der Waals surface area contributed by atoms with E-state index in [9.17, 15) is 9.59 Å². The highest BCUT2D eigenvalue weighted by atomic mass is 16.5. The van der Waals surface area contributed by atoms with Crippen molar-refractivity contribution in [1.82, 2.24) is 15.6 Å². The van der Waals surface area contributed by atoms with Gasteiger partial charge in [0.15, 0.2) is 0 Å². The number of methoxy groups -OCH3 is 1. The number of carboxylic acid groups (broad SMARTS) is 1. The lowest BCUT2D eigenvalue weighted by Gasteiger charge is -2.13. The molecule has 1 heterocycles. The minimum absolute atomic E-state index is 0.0712. The second kappa shape index (κ2) is 6.92. The summed E-state index contributed by atoms with van der Waals surface area (Å²) >= 11 is 0. The predicted octanol–water partition coefficient (Wildman–Crippen LogP) is 1.14. The molecular weight excluding hydrogens is 274 g/mol. The number of amides is 2. The van der Waals surface area contributed by atoms with Crippen molar-refractivity contribution in [3.63, 3.8) is 0 Å². The number of aromatic nitrogens is 1. The molecule has 1 saturated carbocycles. The lowest BCUT2D eigenvalue weighted by atomic mass is 10.1. The molecule has 0 radical (unpaired) electrons. The van der Waals surface area contributed by atoms with Crippen LogP contribution in [-0.2, 0) is 11.3 Å². The van der Waals surface area contributed by atoms with Crippen LogP contribution in [-0.4, -0.2) is 35.2 Å². The first kappa shape index (κ1) is 15.1. The number of rotatable bonds is 5. The van der Waals surface area contributed by atoms with Crippen molar-refractivity contribution in [3.8, 4) is 5.88 Å². The van der Waals surface area contributed by atoms with E-state index >= 15 is 0 Å². The monoisotopic (exact) mass is 293 g/mol. The molecule has 1 aromatic rings. The number of aliphatic carboxylic acids is 1. The third kappa shape index (κ3) is 4.34. The first-order valence-corrected chi connectivity index (χ1v) is 6.84. The van der Waals surface area contributed by atoms with Gasteiger partial charge in [-0.15, -0.1) is 0 Å². The maximum atomic E-state index is 11.8. The fraction of sp³-hybridized carbons (Fsp3) is 0.500. The highest BCUT2D eigenvalue weighted by Crippen LogP contribution is 2.25. The molecule has 1 aliphatic rings. The Balaban J connectivity index is 1.76. The maximum absolute atomic E-state index is 11.8. The van der Waals surface area contributed by atoms with Crippen LogP contribution in [0.5, 0.6) is 5.88 Å². The molecule has 1 aromatic heterocycles. The molecule has 1 aliphatic carbocycles. The Bertz CT molecular complexity index is 521. The Hall–Kier alpha value is -2.31. The number of hydrogen-bond acceptors (Lipinski definition) is 4. The summed E-state index contributed by atoms with van der Waals surface area (Å²) in [5.41, 5.74) is 0.881. The number of ether oxygens (including phenoxy) is 1. The van der Waals surface area contributed by atoms with E-state index in [1.54, 1.807) is 18.3 Å². The Morgan fingerprint density at radius 2 is 2.29 bits per heavy atom. The van der Waals surface area contributed by atoms with Crippen LogP contribution in [0.3, 0.4) is 0 Å². The molecule has 7 nitrogen and oxygen atoms in total. The number of urea groups is 1. The zero-order valence-corrected chi connectivity index (χ0v) is 11.8. The van der Waals surface area contributed by atoms with Crippen molar-refractivity contribution in [3.05, 3.63) is 23.9 Å². The molecule has 3 N–H and O–H groups in total. The molecule has 7 heteroatoms. The second-order valence-corrected chi connectivity index (χ2v) is 5.08. The molecule has 21 heavy (non-hydrogen) atoms. The standard InChI is InChI=1S/C14H19N3O4/c1-21-12-6-9(4-5-15-12)8-16-14(20)17-11-3-2-10(7-11)13(18)19/h4-6,10-11H,2-3,7-8H2,1H3,(H,18,19)(H2,16,17,20)/t10-,11+/m1/s1. The third-order valence-corrected chi connectivity index (χ3v) is 3.58. The van der Waals surface area contributed by atoms with E-state index in [0.717, 1.165) is 5.56 Å². The molecule has 2 atom stereocenters. The van der Waals surface area contributed by atoms with Gasteiger partial charge in [-0.3, -0.25) is 4.79 Å². The van der Waals surface area contributed by atoms with E-state index < -0.39 is 5.97 Å². The van der Waals surface area contributed by atoms with Gasteiger partial charge in [-0.05, 0) is 30.9 Å². The predicted molar refractivity (Wildman–Crippen MR) is 74.9 cm³/mol. The van der Waals surface area contributed by atoms with Crippen LogP contribution in [0, 0.1) is 5.92 Å². The van der Waals surface area contributed by atoms with Gasteiger partial charge in [0.2, 0.25) is 5.88 Å². The van der Waals surface area contributed by atoms with Crippen LogP contribution in [0.1, 0.15) is 24.8 Å². The Labute approximate surface area is 122 Å². The van der Waals surface area contributed by atoms with Gasteiger partial charge in [0.1, 0.15) is 0 Å². The highest BCUT2D eigenvalue weighted by Gasteiger charge is 2.30. The van der Waals surface area contributed by atoms with Crippen molar-refractivity contribution in [1.29, 1.82) is 0 Å². The lowest BCUT2D eigenvalue weighted by Crippen LogP contribution is -2.40. The smallest absolute Gasteiger partial charge is 0.315 e. The zero-order chi connectivity index (χ0) is 15.2. The number of nitrogens with one attached hydrogen (secondary N) is 2. The van der Waals surface area contributed by atoms with Crippen LogP contribution in [0.15, 0.2) is 18.3 Å². The topological polar surface area (TPSA) is 101 Å². The van der Waals surface area contributed by atoms with Gasteiger partial charge in [-0.2, -0.15) is 0 Å². The van der Waals surface area contributed by atoms with Crippen molar-refractivity contribution in [2.75, 3.05) is 7.11 Å². The Kier molecular flexibility index (Phi) is 4.97. The molecule has 114 valence electrons. The summed E-state index contributed by atoms with van der Waals surface area (Å²) in [5.74, 6) is -0.641. The number of carbonyl (C=O) groups is 2. The van der Waals surface area contributed by atoms with Gasteiger partial charge in [-0.25, -0.2) is 9.78 Å². The summed E-state index contributed by atoms with van der Waals surface area (Å²) in [6, 6.07) is 3.18. The molecule has 0 aliphatic heterocycles. The average Bonchev–Trinajstić information content (AvgIpc) is 2.94. The third-order valence-electron chi connectivity index (χ3n) is 3.58.